The van der Waals surface area contributed by atoms with Crippen molar-refractivity contribution in [3.05, 3.63) is 52.7 Å². The van der Waals surface area contributed by atoms with Crippen LogP contribution in [0.25, 0.3) is 11.3 Å². The van der Waals surface area contributed by atoms with Crippen LogP contribution in [0.2, 0.25) is 5.02 Å². The van der Waals surface area contributed by atoms with Crippen molar-refractivity contribution in [1.82, 2.24) is 40.2 Å². The number of rotatable bonds is 8. The first-order chi connectivity index (χ1) is 24.9. The molecule has 1 saturated carbocycles. The van der Waals surface area contributed by atoms with Crippen molar-refractivity contribution in [2.45, 2.75) is 55.2 Å². The second kappa shape index (κ2) is 15.2. The SMILES string of the molecule is Cn1c(-c2cn(C3CC3(F)F)nc2C(F)(F)F)cnc1C(=O)Nc1ccc(C(=O)N2CCC(F)(CNC(=O)N[C@@H]3CNC[C@H]3O)CC2)c(Cl)c1.O=CO. The number of aliphatic hydroxyl groups is 1. The fraction of sp³-hybridized carbons (Fsp3) is 0.484. The first-order valence-corrected chi connectivity index (χ1v) is 16.4. The van der Waals surface area contributed by atoms with Crippen LogP contribution in [-0.2, 0) is 18.0 Å². The molecule has 1 aromatic carbocycles. The number of amides is 4. The molecule has 6 N–H and O–H groups in total. The van der Waals surface area contributed by atoms with Crippen LogP contribution < -0.4 is 21.3 Å². The predicted molar refractivity (Wildman–Crippen MR) is 174 cm³/mol. The molecule has 2 aliphatic heterocycles. The van der Waals surface area contributed by atoms with Crippen LogP contribution in [0.5, 0.6) is 0 Å². The van der Waals surface area contributed by atoms with Gasteiger partial charge in [0.1, 0.15) is 11.7 Å². The van der Waals surface area contributed by atoms with E-state index in [4.69, 9.17) is 21.5 Å². The molecule has 15 nitrogen and oxygen atoms in total. The number of nitrogens with one attached hydrogen (secondary N) is 4. The van der Waals surface area contributed by atoms with E-state index in [0.717, 1.165) is 17.0 Å². The van der Waals surface area contributed by atoms with E-state index in [2.05, 4.69) is 31.3 Å². The summed E-state index contributed by atoms with van der Waals surface area (Å²) in [5.41, 5.74) is -3.66. The van der Waals surface area contributed by atoms with Gasteiger partial charge in [0.2, 0.25) is 0 Å². The molecule has 288 valence electrons. The van der Waals surface area contributed by atoms with E-state index in [1.165, 1.54) is 30.1 Å². The molecular formula is C31H34ClF6N9O6. The van der Waals surface area contributed by atoms with Gasteiger partial charge in [0.05, 0.1) is 46.7 Å². The second-order valence-corrected chi connectivity index (χ2v) is 13.1. The molecular weight excluding hydrogens is 744 g/mol. The number of benzene rings is 1. The fourth-order valence-electron chi connectivity index (χ4n) is 5.99. The Morgan fingerprint density at radius 1 is 1.15 bits per heavy atom. The predicted octanol–water partition coefficient (Wildman–Crippen LogP) is 3.07. The molecule has 0 bridgehead atoms. The minimum atomic E-state index is -4.97. The molecule has 1 aliphatic carbocycles. The Kier molecular flexibility index (Phi) is 11.3. The molecule has 4 heterocycles. The van der Waals surface area contributed by atoms with Crippen molar-refractivity contribution in [1.29, 1.82) is 0 Å². The summed E-state index contributed by atoms with van der Waals surface area (Å²) in [6.45, 7) is 0.287. The molecule has 2 saturated heterocycles. The maximum absolute atomic E-state index is 15.4. The maximum Gasteiger partial charge on any atom is 0.435 e. The number of nitrogens with zero attached hydrogens (tertiary/aromatic N) is 5. The van der Waals surface area contributed by atoms with Gasteiger partial charge in [-0.15, -0.1) is 0 Å². The molecule has 22 heteroatoms. The van der Waals surface area contributed by atoms with E-state index in [-0.39, 0.29) is 66.7 Å². The van der Waals surface area contributed by atoms with Crippen LogP contribution in [0.4, 0.5) is 36.8 Å². The minimum absolute atomic E-state index is 0.0357. The first-order valence-electron chi connectivity index (χ1n) is 16.0. The molecule has 53 heavy (non-hydrogen) atoms. The summed E-state index contributed by atoms with van der Waals surface area (Å²) in [7, 11) is 1.28. The number of aliphatic hydroxyl groups excluding tert-OH is 1. The van der Waals surface area contributed by atoms with Gasteiger partial charge in [-0.2, -0.15) is 18.3 Å². The van der Waals surface area contributed by atoms with E-state index in [1.54, 1.807) is 0 Å². The highest BCUT2D eigenvalue weighted by atomic mass is 35.5. The third-order valence-corrected chi connectivity index (χ3v) is 9.36. The topological polar surface area (TPSA) is 196 Å². The van der Waals surface area contributed by atoms with Crippen molar-refractivity contribution in [2.75, 3.05) is 38.0 Å². The summed E-state index contributed by atoms with van der Waals surface area (Å²) in [5, 5.41) is 30.5. The molecule has 6 rings (SSSR count). The van der Waals surface area contributed by atoms with Crippen LogP contribution >= 0.6 is 11.6 Å². The summed E-state index contributed by atoms with van der Waals surface area (Å²) in [6.07, 6.45) is -4.60. The minimum Gasteiger partial charge on any atom is -0.483 e. The Bertz CT molecular complexity index is 1860. The van der Waals surface area contributed by atoms with Crippen molar-refractivity contribution < 1.29 is 55.7 Å². The Balaban J connectivity index is 0.00000175. The van der Waals surface area contributed by atoms with Crippen molar-refractivity contribution in [3.63, 3.8) is 0 Å². The van der Waals surface area contributed by atoms with E-state index < -0.39 is 71.5 Å². The number of piperidine rings is 1. The molecule has 2 aromatic heterocycles. The zero-order chi connectivity index (χ0) is 38.9. The van der Waals surface area contributed by atoms with Gasteiger partial charge in [-0.25, -0.2) is 22.9 Å². The summed E-state index contributed by atoms with van der Waals surface area (Å²) in [4.78, 5) is 52.2. The molecule has 3 aliphatic rings. The summed E-state index contributed by atoms with van der Waals surface area (Å²) in [5.74, 6) is -4.80. The second-order valence-electron chi connectivity index (χ2n) is 12.7. The van der Waals surface area contributed by atoms with Gasteiger partial charge < -0.3 is 40.9 Å². The van der Waals surface area contributed by atoms with Gasteiger partial charge in [-0.05, 0) is 18.2 Å². The number of hydrogen-bond donors (Lipinski definition) is 6. The summed E-state index contributed by atoms with van der Waals surface area (Å²) >= 11 is 6.38. The van der Waals surface area contributed by atoms with Crippen LogP contribution in [0.15, 0.2) is 30.6 Å². The number of likely N-dealkylation sites (tertiary alicyclic amines) is 1. The normalized spacial score (nSPS) is 21.6. The first kappa shape index (κ1) is 39.3. The van der Waals surface area contributed by atoms with Crippen LogP contribution in [0.3, 0.4) is 0 Å². The lowest BCUT2D eigenvalue weighted by molar-refractivity contribution is -0.141. The highest BCUT2D eigenvalue weighted by molar-refractivity contribution is 6.34. The van der Waals surface area contributed by atoms with Crippen molar-refractivity contribution in [3.8, 4) is 11.3 Å². The zero-order valence-corrected chi connectivity index (χ0v) is 28.5. The Morgan fingerprint density at radius 3 is 2.38 bits per heavy atom. The third kappa shape index (κ3) is 8.84. The number of urea groups is 1. The molecule has 3 aromatic rings. The molecule has 1 unspecified atom stereocenters. The smallest absolute Gasteiger partial charge is 0.435 e. The quantitative estimate of drug-likeness (QED) is 0.147. The van der Waals surface area contributed by atoms with Gasteiger partial charge in [0, 0.05) is 64.4 Å². The van der Waals surface area contributed by atoms with Crippen LogP contribution in [0, 0.1) is 0 Å². The van der Waals surface area contributed by atoms with Crippen LogP contribution in [0.1, 0.15) is 52.0 Å². The monoisotopic (exact) mass is 777 g/mol. The summed E-state index contributed by atoms with van der Waals surface area (Å²) < 4.78 is 85.5. The lowest BCUT2D eigenvalue weighted by Gasteiger charge is -2.36. The van der Waals surface area contributed by atoms with Crippen molar-refractivity contribution in [2.24, 2.45) is 7.05 Å². The number of anilines is 1. The maximum atomic E-state index is 15.4. The molecule has 3 fully saturated rings. The number of halogens is 7. The number of β-amino-alcohol motifs (C(OH)–C–C–N with tert-alkyl or cyclic N) is 1. The fourth-order valence-corrected chi connectivity index (χ4v) is 6.25. The number of carboxylic acid groups (broad SMARTS) is 1. The highest BCUT2D eigenvalue weighted by Crippen LogP contribution is 2.53. The largest absolute Gasteiger partial charge is 0.483 e. The molecule has 4 amide bonds. The Hall–Kier alpha value is -4.89. The standard InChI is InChI=1S/C30H32ClF6N9O4.CH2O2/c1-44-20(17-13-46(22-9-29(22,33)34)43-23(17)30(35,36)37)11-39-24(44)25(48)41-15-2-3-16(18(31)8-15)26(49)45-6-4-28(32,5-7-45)14-40-27(50)42-19-10-38-12-21(19)47;2-1-3/h2-3,8,11,13,19,21-22,38,47H,4-7,9-10,12,14H2,1H3,(H,41,48)(H2,40,42,50);1H,(H,2,3)/t19-,21-,22?;/m1./s1. The summed E-state index contributed by atoms with van der Waals surface area (Å²) in [6, 6.07) is 1.44. The average molecular weight is 778 g/mol. The van der Waals surface area contributed by atoms with Gasteiger partial charge in [0.25, 0.3) is 24.2 Å². The lowest BCUT2D eigenvalue weighted by Crippen LogP contribution is -2.53. The van der Waals surface area contributed by atoms with Gasteiger partial charge >= 0.3 is 12.2 Å². The average Bonchev–Trinajstić information content (AvgIpc) is 3.47. The van der Waals surface area contributed by atoms with E-state index in [0.29, 0.717) is 17.8 Å². The molecule has 0 spiro atoms. The number of imidazole rings is 1. The number of carbonyl (C=O) groups is 4. The number of hydrogen-bond acceptors (Lipinski definition) is 8. The van der Waals surface area contributed by atoms with Gasteiger partial charge in [0.15, 0.2) is 11.5 Å². The Labute approximate surface area is 301 Å². The van der Waals surface area contributed by atoms with E-state index >= 15 is 4.39 Å². The number of carbonyl (C=O) groups excluding carboxylic acids is 3. The van der Waals surface area contributed by atoms with E-state index in [9.17, 15) is 41.4 Å². The van der Waals surface area contributed by atoms with Gasteiger partial charge in [-0.1, -0.05) is 11.6 Å². The third-order valence-electron chi connectivity index (χ3n) is 9.05. The molecule has 3 atom stereocenters. The van der Waals surface area contributed by atoms with Gasteiger partial charge in [-0.3, -0.25) is 19.1 Å². The number of aromatic nitrogens is 4. The van der Waals surface area contributed by atoms with E-state index in [1.807, 2.05) is 0 Å². The Morgan fingerprint density at radius 2 is 1.81 bits per heavy atom. The number of alkyl halides is 6. The molecule has 0 radical (unpaired) electrons. The lowest BCUT2D eigenvalue weighted by atomic mass is 9.93. The highest BCUT2D eigenvalue weighted by Gasteiger charge is 2.59. The van der Waals surface area contributed by atoms with Crippen LogP contribution in [-0.4, -0.2) is 115 Å². The zero-order valence-electron chi connectivity index (χ0n) is 27.8. The van der Waals surface area contributed by atoms with Crippen molar-refractivity contribution >= 4 is 41.6 Å².